The van der Waals surface area contributed by atoms with Gasteiger partial charge in [0.25, 0.3) is 5.91 Å². The SMILES string of the molecule is CCc1ccc(C(=O)N(CC2CC2)CC2CN(C)CCO2)o1. The van der Waals surface area contributed by atoms with Crippen molar-refractivity contribution < 1.29 is 13.9 Å². The van der Waals surface area contributed by atoms with E-state index in [4.69, 9.17) is 9.15 Å². The van der Waals surface area contributed by atoms with Crippen LogP contribution in [0, 0.1) is 5.92 Å². The largest absolute Gasteiger partial charge is 0.456 e. The Morgan fingerprint density at radius 1 is 1.36 bits per heavy atom. The van der Waals surface area contributed by atoms with Crippen molar-refractivity contribution in [2.75, 3.05) is 39.8 Å². The fourth-order valence-corrected chi connectivity index (χ4v) is 2.91. The predicted molar refractivity (Wildman–Crippen MR) is 84.0 cm³/mol. The zero-order chi connectivity index (χ0) is 15.5. The van der Waals surface area contributed by atoms with Gasteiger partial charge in [-0.1, -0.05) is 6.92 Å². The molecule has 0 N–H and O–H groups in total. The lowest BCUT2D eigenvalue weighted by Gasteiger charge is -2.33. The molecule has 1 aromatic rings. The smallest absolute Gasteiger partial charge is 0.289 e. The van der Waals surface area contributed by atoms with E-state index >= 15 is 0 Å². The van der Waals surface area contributed by atoms with Crippen LogP contribution in [0.3, 0.4) is 0 Å². The second-order valence-corrected chi connectivity index (χ2v) is 6.53. The molecule has 0 spiro atoms. The van der Waals surface area contributed by atoms with E-state index in [-0.39, 0.29) is 12.0 Å². The molecule has 1 aromatic heterocycles. The Labute approximate surface area is 132 Å². The molecule has 1 amide bonds. The van der Waals surface area contributed by atoms with Crippen LogP contribution in [0.1, 0.15) is 36.1 Å². The van der Waals surface area contributed by atoms with Gasteiger partial charge in [-0.05, 0) is 37.9 Å². The molecule has 3 rings (SSSR count). The van der Waals surface area contributed by atoms with Gasteiger partial charge in [0.1, 0.15) is 5.76 Å². The zero-order valence-electron chi connectivity index (χ0n) is 13.6. The second-order valence-electron chi connectivity index (χ2n) is 6.53. The van der Waals surface area contributed by atoms with E-state index in [0.29, 0.717) is 18.2 Å². The molecule has 0 aromatic carbocycles. The maximum atomic E-state index is 12.8. The van der Waals surface area contributed by atoms with Gasteiger partial charge in [-0.2, -0.15) is 0 Å². The van der Waals surface area contributed by atoms with Gasteiger partial charge in [0, 0.05) is 32.6 Å². The highest BCUT2D eigenvalue weighted by molar-refractivity contribution is 5.91. The van der Waals surface area contributed by atoms with E-state index in [9.17, 15) is 4.79 Å². The number of furan rings is 1. The first-order chi connectivity index (χ1) is 10.7. The predicted octanol–water partition coefficient (Wildman–Crippen LogP) is 2.02. The molecule has 5 heteroatoms. The van der Waals surface area contributed by atoms with Crippen LogP contribution in [0.2, 0.25) is 0 Å². The van der Waals surface area contributed by atoms with Crippen molar-refractivity contribution in [1.82, 2.24) is 9.80 Å². The molecule has 1 aliphatic heterocycles. The number of aryl methyl sites for hydroxylation is 1. The Morgan fingerprint density at radius 2 is 2.18 bits per heavy atom. The maximum Gasteiger partial charge on any atom is 0.289 e. The summed E-state index contributed by atoms with van der Waals surface area (Å²) in [5.74, 6) is 1.99. The van der Waals surface area contributed by atoms with Crippen LogP contribution in [-0.4, -0.2) is 61.6 Å². The fraction of sp³-hybridized carbons (Fsp3) is 0.706. The summed E-state index contributed by atoms with van der Waals surface area (Å²) in [5, 5.41) is 0. The van der Waals surface area contributed by atoms with Crippen LogP contribution in [0.25, 0.3) is 0 Å². The van der Waals surface area contributed by atoms with Gasteiger partial charge in [0.05, 0.1) is 12.7 Å². The average molecular weight is 306 g/mol. The Bertz CT molecular complexity index is 510. The number of hydrogen-bond acceptors (Lipinski definition) is 4. The normalized spacial score (nSPS) is 22.7. The maximum absolute atomic E-state index is 12.8. The molecular formula is C17H26N2O3. The van der Waals surface area contributed by atoms with E-state index in [0.717, 1.165) is 38.4 Å². The Hall–Kier alpha value is -1.33. The van der Waals surface area contributed by atoms with Crippen LogP contribution in [-0.2, 0) is 11.2 Å². The highest BCUT2D eigenvalue weighted by atomic mass is 16.5. The zero-order valence-corrected chi connectivity index (χ0v) is 13.6. The van der Waals surface area contributed by atoms with Crippen molar-refractivity contribution in [1.29, 1.82) is 0 Å². The van der Waals surface area contributed by atoms with Gasteiger partial charge in [-0.15, -0.1) is 0 Å². The minimum Gasteiger partial charge on any atom is -0.456 e. The first-order valence-corrected chi connectivity index (χ1v) is 8.34. The molecule has 1 saturated carbocycles. The van der Waals surface area contributed by atoms with Crippen molar-refractivity contribution in [3.63, 3.8) is 0 Å². The highest BCUT2D eigenvalue weighted by Gasteiger charge is 2.31. The first-order valence-electron chi connectivity index (χ1n) is 8.34. The molecule has 0 radical (unpaired) electrons. The van der Waals surface area contributed by atoms with Crippen molar-refractivity contribution >= 4 is 5.91 Å². The number of carbonyl (C=O) groups is 1. The number of amides is 1. The summed E-state index contributed by atoms with van der Waals surface area (Å²) in [6, 6.07) is 3.70. The molecule has 1 unspecified atom stereocenters. The quantitative estimate of drug-likeness (QED) is 0.807. The van der Waals surface area contributed by atoms with Gasteiger partial charge in [-0.3, -0.25) is 4.79 Å². The van der Waals surface area contributed by atoms with Gasteiger partial charge >= 0.3 is 0 Å². The molecule has 1 atom stereocenters. The molecule has 1 saturated heterocycles. The summed E-state index contributed by atoms with van der Waals surface area (Å²) in [7, 11) is 2.10. The molecule has 122 valence electrons. The molecule has 5 nitrogen and oxygen atoms in total. The molecule has 2 fully saturated rings. The topological polar surface area (TPSA) is 45.9 Å². The lowest BCUT2D eigenvalue weighted by Crippen LogP contribution is -2.48. The van der Waals surface area contributed by atoms with E-state index in [1.54, 1.807) is 6.07 Å². The third-order valence-electron chi connectivity index (χ3n) is 4.45. The van der Waals surface area contributed by atoms with E-state index in [1.165, 1.54) is 12.8 Å². The first kappa shape index (κ1) is 15.6. The number of nitrogens with zero attached hydrogens (tertiary/aromatic N) is 2. The summed E-state index contributed by atoms with van der Waals surface area (Å²) in [5.41, 5.74) is 0. The number of ether oxygens (including phenoxy) is 1. The summed E-state index contributed by atoms with van der Waals surface area (Å²) < 4.78 is 11.5. The molecule has 0 bridgehead atoms. The van der Waals surface area contributed by atoms with Crippen LogP contribution in [0.4, 0.5) is 0 Å². The minimum absolute atomic E-state index is 0.00317. The summed E-state index contributed by atoms with van der Waals surface area (Å²) in [4.78, 5) is 16.9. The Morgan fingerprint density at radius 3 is 2.82 bits per heavy atom. The number of morpholine rings is 1. The van der Waals surface area contributed by atoms with E-state index in [1.807, 2.05) is 17.9 Å². The van der Waals surface area contributed by atoms with Crippen LogP contribution < -0.4 is 0 Å². The lowest BCUT2D eigenvalue weighted by atomic mass is 10.2. The Balaban J connectivity index is 1.66. The van der Waals surface area contributed by atoms with E-state index < -0.39 is 0 Å². The van der Waals surface area contributed by atoms with Gasteiger partial charge in [0.2, 0.25) is 0 Å². The van der Waals surface area contributed by atoms with Gasteiger partial charge in [0.15, 0.2) is 5.76 Å². The summed E-state index contributed by atoms with van der Waals surface area (Å²) in [6.45, 7) is 6.10. The molecular weight excluding hydrogens is 280 g/mol. The minimum atomic E-state index is 0.00317. The van der Waals surface area contributed by atoms with Gasteiger partial charge < -0.3 is 19.0 Å². The third kappa shape index (κ3) is 3.90. The number of carbonyl (C=O) groups excluding carboxylic acids is 1. The summed E-state index contributed by atoms with van der Waals surface area (Å²) >= 11 is 0. The molecule has 2 heterocycles. The monoisotopic (exact) mass is 306 g/mol. The average Bonchev–Trinajstić information content (AvgIpc) is 3.19. The van der Waals surface area contributed by atoms with Gasteiger partial charge in [-0.25, -0.2) is 0 Å². The number of likely N-dealkylation sites (N-methyl/N-ethyl adjacent to an activating group) is 1. The van der Waals surface area contributed by atoms with E-state index in [2.05, 4.69) is 11.9 Å². The van der Waals surface area contributed by atoms with Crippen molar-refractivity contribution in [2.24, 2.45) is 5.92 Å². The van der Waals surface area contributed by atoms with Crippen molar-refractivity contribution in [3.05, 3.63) is 23.7 Å². The molecule has 1 aliphatic carbocycles. The Kier molecular flexibility index (Phi) is 4.84. The highest BCUT2D eigenvalue weighted by Crippen LogP contribution is 2.30. The standard InChI is InChI=1S/C17H26N2O3/c1-3-14-6-7-16(22-14)17(20)19(10-13-4-5-13)12-15-11-18(2)8-9-21-15/h6-7,13,15H,3-5,8-12H2,1-2H3. The van der Waals surface area contributed by atoms with Crippen molar-refractivity contribution in [3.8, 4) is 0 Å². The third-order valence-corrected chi connectivity index (χ3v) is 4.45. The number of hydrogen-bond donors (Lipinski definition) is 0. The van der Waals surface area contributed by atoms with Crippen LogP contribution >= 0.6 is 0 Å². The molecule has 2 aliphatic rings. The molecule has 22 heavy (non-hydrogen) atoms. The number of rotatable bonds is 6. The fourth-order valence-electron chi connectivity index (χ4n) is 2.91. The summed E-state index contributed by atoms with van der Waals surface area (Å²) in [6.07, 6.45) is 3.37. The van der Waals surface area contributed by atoms with Crippen LogP contribution in [0.15, 0.2) is 16.5 Å². The second kappa shape index (κ2) is 6.84. The lowest BCUT2D eigenvalue weighted by molar-refractivity contribution is -0.0334. The van der Waals surface area contributed by atoms with Crippen LogP contribution in [0.5, 0.6) is 0 Å². The van der Waals surface area contributed by atoms with Crippen molar-refractivity contribution in [2.45, 2.75) is 32.3 Å².